The molecule has 0 bridgehead atoms. The second-order valence-electron chi connectivity index (χ2n) is 4.30. The Balaban J connectivity index is 1.97. The van der Waals surface area contributed by atoms with Crippen LogP contribution in [0.25, 0.3) is 0 Å². The van der Waals surface area contributed by atoms with Gasteiger partial charge in [-0.2, -0.15) is 0 Å². The summed E-state index contributed by atoms with van der Waals surface area (Å²) in [4.78, 5) is 10.5. The molecule has 5 nitrogen and oxygen atoms in total. The maximum Gasteiger partial charge on any atom is 0.292 e. The van der Waals surface area contributed by atoms with Gasteiger partial charge < -0.3 is 10.1 Å². The Kier molecular flexibility index (Phi) is 4.55. The van der Waals surface area contributed by atoms with E-state index < -0.39 is 0 Å². The van der Waals surface area contributed by atoms with E-state index in [2.05, 4.69) is 5.32 Å². The van der Waals surface area contributed by atoms with Crippen LogP contribution in [0.1, 0.15) is 5.56 Å². The first-order chi connectivity index (χ1) is 9.70. The van der Waals surface area contributed by atoms with Gasteiger partial charge in [0.1, 0.15) is 11.4 Å². The van der Waals surface area contributed by atoms with Crippen LogP contribution in [0.3, 0.4) is 0 Å². The summed E-state index contributed by atoms with van der Waals surface area (Å²) < 4.78 is 5.16. The van der Waals surface area contributed by atoms with Crippen LogP contribution >= 0.6 is 0 Å². The third kappa shape index (κ3) is 3.47. The minimum atomic E-state index is -0.381. The van der Waals surface area contributed by atoms with Gasteiger partial charge in [-0.15, -0.1) is 0 Å². The Morgan fingerprint density at radius 2 is 2.00 bits per heavy atom. The fraction of sp³-hybridized carbons (Fsp3) is 0.200. The topological polar surface area (TPSA) is 64.4 Å². The van der Waals surface area contributed by atoms with E-state index in [1.165, 1.54) is 6.07 Å². The van der Waals surface area contributed by atoms with Crippen molar-refractivity contribution in [3.05, 3.63) is 64.2 Å². The largest absolute Gasteiger partial charge is 0.497 e. The predicted molar refractivity (Wildman–Crippen MR) is 78.3 cm³/mol. The number of rotatable bonds is 6. The number of hydrogen-bond donors (Lipinski definition) is 1. The Morgan fingerprint density at radius 1 is 1.20 bits per heavy atom. The Morgan fingerprint density at radius 3 is 2.75 bits per heavy atom. The maximum atomic E-state index is 10.9. The number of nitro benzene ring substituents is 1. The van der Waals surface area contributed by atoms with Crippen molar-refractivity contribution in [2.24, 2.45) is 0 Å². The molecular weight excluding hydrogens is 256 g/mol. The molecule has 0 radical (unpaired) electrons. The van der Waals surface area contributed by atoms with Crippen molar-refractivity contribution in [1.29, 1.82) is 0 Å². The maximum absolute atomic E-state index is 10.9. The average molecular weight is 272 g/mol. The van der Waals surface area contributed by atoms with Crippen molar-refractivity contribution in [2.45, 2.75) is 6.42 Å². The number of anilines is 1. The third-order valence-corrected chi connectivity index (χ3v) is 2.96. The van der Waals surface area contributed by atoms with E-state index in [0.717, 1.165) is 17.7 Å². The van der Waals surface area contributed by atoms with E-state index in [-0.39, 0.29) is 10.6 Å². The summed E-state index contributed by atoms with van der Waals surface area (Å²) in [6, 6.07) is 14.4. The highest BCUT2D eigenvalue weighted by molar-refractivity contribution is 5.61. The summed E-state index contributed by atoms with van der Waals surface area (Å²) in [5.41, 5.74) is 1.76. The molecule has 0 aromatic heterocycles. The molecule has 0 fully saturated rings. The molecule has 5 heteroatoms. The predicted octanol–water partition coefficient (Wildman–Crippen LogP) is 3.26. The highest BCUT2D eigenvalue weighted by Crippen LogP contribution is 2.23. The van der Waals surface area contributed by atoms with Gasteiger partial charge in [0, 0.05) is 12.6 Å². The highest BCUT2D eigenvalue weighted by atomic mass is 16.6. The number of nitrogens with zero attached hydrogens (tertiary/aromatic N) is 1. The standard InChI is InChI=1S/C15H16N2O3/c1-20-13-6-4-5-12(11-13)9-10-16-14-7-2-3-8-15(14)17(18)19/h2-8,11,16H,9-10H2,1H3. The molecular formula is C15H16N2O3. The molecule has 0 heterocycles. The molecule has 2 rings (SSSR count). The first kappa shape index (κ1) is 13.9. The molecule has 0 atom stereocenters. The van der Waals surface area contributed by atoms with E-state index in [1.54, 1.807) is 25.3 Å². The summed E-state index contributed by atoms with van der Waals surface area (Å²) in [7, 11) is 1.63. The zero-order valence-electron chi connectivity index (χ0n) is 11.2. The molecule has 0 amide bonds. The third-order valence-electron chi connectivity index (χ3n) is 2.96. The number of nitrogens with one attached hydrogen (secondary N) is 1. The van der Waals surface area contributed by atoms with Gasteiger partial charge in [0.2, 0.25) is 0 Å². The van der Waals surface area contributed by atoms with Gasteiger partial charge in [0.05, 0.1) is 12.0 Å². The van der Waals surface area contributed by atoms with Crippen molar-refractivity contribution in [3.8, 4) is 5.75 Å². The SMILES string of the molecule is COc1cccc(CCNc2ccccc2[N+](=O)[O-])c1. The van der Waals surface area contributed by atoms with Crippen LogP contribution in [0, 0.1) is 10.1 Å². The lowest BCUT2D eigenvalue weighted by molar-refractivity contribution is -0.384. The lowest BCUT2D eigenvalue weighted by Gasteiger charge is -2.08. The van der Waals surface area contributed by atoms with Crippen LogP contribution in [0.15, 0.2) is 48.5 Å². The molecule has 0 unspecified atom stereocenters. The quantitative estimate of drug-likeness (QED) is 0.647. The van der Waals surface area contributed by atoms with Crippen molar-refractivity contribution in [1.82, 2.24) is 0 Å². The summed E-state index contributed by atoms with van der Waals surface area (Å²) in [5.74, 6) is 0.813. The lowest BCUT2D eigenvalue weighted by Crippen LogP contribution is -2.06. The van der Waals surface area contributed by atoms with E-state index in [1.807, 2.05) is 24.3 Å². The van der Waals surface area contributed by atoms with Gasteiger partial charge in [0.25, 0.3) is 5.69 Å². The second kappa shape index (κ2) is 6.56. The normalized spacial score (nSPS) is 10.1. The molecule has 0 saturated heterocycles. The fourth-order valence-corrected chi connectivity index (χ4v) is 1.95. The molecule has 20 heavy (non-hydrogen) atoms. The zero-order chi connectivity index (χ0) is 14.4. The average Bonchev–Trinajstić information content (AvgIpc) is 2.48. The van der Waals surface area contributed by atoms with Crippen LogP contribution in [-0.4, -0.2) is 18.6 Å². The number of methoxy groups -OCH3 is 1. The Hall–Kier alpha value is -2.56. The van der Waals surface area contributed by atoms with Crippen LogP contribution < -0.4 is 10.1 Å². The summed E-state index contributed by atoms with van der Waals surface area (Å²) >= 11 is 0. The number of benzene rings is 2. The second-order valence-corrected chi connectivity index (χ2v) is 4.30. The number of para-hydroxylation sites is 2. The Bertz CT molecular complexity index is 599. The van der Waals surface area contributed by atoms with E-state index in [9.17, 15) is 10.1 Å². The van der Waals surface area contributed by atoms with Gasteiger partial charge in [-0.25, -0.2) is 0 Å². The number of hydrogen-bond acceptors (Lipinski definition) is 4. The highest BCUT2D eigenvalue weighted by Gasteiger charge is 2.11. The van der Waals surface area contributed by atoms with E-state index in [4.69, 9.17) is 4.74 Å². The molecule has 2 aromatic carbocycles. The first-order valence-electron chi connectivity index (χ1n) is 6.31. The molecule has 104 valence electrons. The van der Waals surface area contributed by atoms with Gasteiger partial charge in [-0.05, 0) is 30.2 Å². The van der Waals surface area contributed by atoms with Gasteiger partial charge in [-0.1, -0.05) is 24.3 Å². The molecule has 0 saturated carbocycles. The monoisotopic (exact) mass is 272 g/mol. The summed E-state index contributed by atoms with van der Waals surface area (Å²) in [5, 5.41) is 14.0. The van der Waals surface area contributed by atoms with Crippen molar-refractivity contribution in [3.63, 3.8) is 0 Å². The molecule has 0 aliphatic rings. The van der Waals surface area contributed by atoms with Crippen LogP contribution in [0.5, 0.6) is 5.75 Å². The van der Waals surface area contributed by atoms with Crippen molar-refractivity contribution >= 4 is 11.4 Å². The molecule has 0 aliphatic carbocycles. The first-order valence-corrected chi connectivity index (χ1v) is 6.31. The number of nitro groups is 1. The van der Waals surface area contributed by atoms with Gasteiger partial charge >= 0.3 is 0 Å². The molecule has 2 aromatic rings. The molecule has 1 N–H and O–H groups in total. The van der Waals surface area contributed by atoms with Gasteiger partial charge in [0.15, 0.2) is 0 Å². The smallest absolute Gasteiger partial charge is 0.292 e. The summed E-state index contributed by atoms with van der Waals surface area (Å²) in [6.07, 6.45) is 0.767. The number of ether oxygens (including phenoxy) is 1. The van der Waals surface area contributed by atoms with Crippen LogP contribution in [-0.2, 0) is 6.42 Å². The minimum Gasteiger partial charge on any atom is -0.497 e. The molecule has 0 aliphatic heterocycles. The van der Waals surface area contributed by atoms with Crippen LogP contribution in [0.2, 0.25) is 0 Å². The molecule has 0 spiro atoms. The van der Waals surface area contributed by atoms with Crippen molar-refractivity contribution in [2.75, 3.05) is 19.0 Å². The minimum absolute atomic E-state index is 0.0955. The Labute approximate surface area is 117 Å². The van der Waals surface area contributed by atoms with Crippen LogP contribution in [0.4, 0.5) is 11.4 Å². The van der Waals surface area contributed by atoms with Crippen molar-refractivity contribution < 1.29 is 9.66 Å². The lowest BCUT2D eigenvalue weighted by atomic mass is 10.1. The van der Waals surface area contributed by atoms with Gasteiger partial charge in [-0.3, -0.25) is 10.1 Å². The fourth-order valence-electron chi connectivity index (χ4n) is 1.95. The van der Waals surface area contributed by atoms with E-state index in [0.29, 0.717) is 12.2 Å². The van der Waals surface area contributed by atoms with E-state index >= 15 is 0 Å². The zero-order valence-corrected chi connectivity index (χ0v) is 11.2. The summed E-state index contributed by atoms with van der Waals surface area (Å²) in [6.45, 7) is 0.623.